The van der Waals surface area contributed by atoms with Gasteiger partial charge in [0.1, 0.15) is 0 Å². The van der Waals surface area contributed by atoms with Gasteiger partial charge in [-0.1, -0.05) is 11.6 Å². The smallest absolute Gasteiger partial charge is 0.221 e. The Morgan fingerprint density at radius 2 is 1.80 bits per heavy atom. The second-order valence-corrected chi connectivity index (χ2v) is 5.26. The Hall–Kier alpha value is -2.00. The van der Waals surface area contributed by atoms with E-state index < -0.39 is 0 Å². The zero-order valence-electron chi connectivity index (χ0n) is 11.4. The second-order valence-electron chi connectivity index (χ2n) is 4.82. The number of fused-ring (bicyclic) bond motifs is 3. The topological polar surface area (TPSA) is 34.0 Å². The number of anilines is 1. The number of rotatable bonds is 2. The summed E-state index contributed by atoms with van der Waals surface area (Å²) in [5.41, 5.74) is 3.12. The van der Waals surface area contributed by atoms with Crippen molar-refractivity contribution >= 4 is 45.0 Å². The molecule has 0 spiro atoms. The lowest BCUT2D eigenvalue weighted by molar-refractivity contribution is -0.114. The number of amides is 1. The van der Waals surface area contributed by atoms with E-state index in [0.717, 1.165) is 39.1 Å². The summed E-state index contributed by atoms with van der Waals surface area (Å²) in [5.74, 6) is -0.0680. The molecule has 3 nitrogen and oxygen atoms in total. The summed E-state index contributed by atoms with van der Waals surface area (Å²) in [6.45, 7) is 4.52. The van der Waals surface area contributed by atoms with E-state index in [2.05, 4.69) is 16.8 Å². The van der Waals surface area contributed by atoms with Crippen LogP contribution in [0.25, 0.3) is 21.8 Å². The number of benzene rings is 2. The third-order valence-electron chi connectivity index (χ3n) is 3.46. The molecule has 1 aromatic heterocycles. The van der Waals surface area contributed by atoms with E-state index in [-0.39, 0.29) is 5.91 Å². The number of nitrogens with zero attached hydrogens (tertiary/aromatic N) is 1. The van der Waals surface area contributed by atoms with Crippen LogP contribution in [0.4, 0.5) is 5.69 Å². The number of aryl methyl sites for hydroxylation is 1. The third-order valence-corrected chi connectivity index (χ3v) is 3.70. The van der Waals surface area contributed by atoms with Crippen LogP contribution in [0, 0.1) is 0 Å². The van der Waals surface area contributed by atoms with E-state index in [9.17, 15) is 4.79 Å². The molecule has 3 rings (SSSR count). The minimum absolute atomic E-state index is 0.0680. The molecule has 4 heteroatoms. The van der Waals surface area contributed by atoms with E-state index >= 15 is 0 Å². The molecule has 0 unspecified atom stereocenters. The average Bonchev–Trinajstić information content (AvgIpc) is 2.71. The number of hydrogen-bond donors (Lipinski definition) is 1. The Kier molecular flexibility index (Phi) is 3.14. The van der Waals surface area contributed by atoms with Crippen molar-refractivity contribution in [3.8, 4) is 0 Å². The minimum Gasteiger partial charge on any atom is -0.341 e. The van der Waals surface area contributed by atoms with E-state index in [4.69, 9.17) is 11.6 Å². The van der Waals surface area contributed by atoms with Crippen molar-refractivity contribution in [1.82, 2.24) is 4.57 Å². The molecule has 0 aliphatic heterocycles. The SMILES string of the molecule is CCn1c2ccc(Cl)cc2c2cc(NC(C)=O)ccc21. The molecule has 1 heterocycles. The summed E-state index contributed by atoms with van der Waals surface area (Å²) in [6.07, 6.45) is 0. The first-order chi connectivity index (χ1) is 9.60. The fourth-order valence-electron chi connectivity index (χ4n) is 2.70. The van der Waals surface area contributed by atoms with E-state index in [0.29, 0.717) is 0 Å². The van der Waals surface area contributed by atoms with Gasteiger partial charge in [-0.2, -0.15) is 0 Å². The second kappa shape index (κ2) is 4.84. The van der Waals surface area contributed by atoms with Crippen molar-refractivity contribution in [1.29, 1.82) is 0 Å². The van der Waals surface area contributed by atoms with E-state index in [1.165, 1.54) is 6.92 Å². The van der Waals surface area contributed by atoms with Gasteiger partial charge in [0.15, 0.2) is 0 Å². The van der Waals surface area contributed by atoms with Crippen LogP contribution in [0.5, 0.6) is 0 Å². The lowest BCUT2D eigenvalue weighted by Gasteiger charge is -2.04. The molecule has 0 saturated heterocycles. The predicted octanol–water partition coefficient (Wildman–Crippen LogP) is 4.43. The standard InChI is InChI=1S/C16H15ClN2O/c1-3-19-15-6-4-11(17)8-13(15)14-9-12(18-10(2)20)5-7-16(14)19/h4-9H,3H2,1-2H3,(H,18,20). The first-order valence-electron chi connectivity index (χ1n) is 6.59. The molecule has 1 N–H and O–H groups in total. The zero-order chi connectivity index (χ0) is 14.3. The lowest BCUT2D eigenvalue weighted by Crippen LogP contribution is -2.05. The van der Waals surface area contributed by atoms with Crippen molar-refractivity contribution in [2.24, 2.45) is 0 Å². The molecule has 2 aromatic carbocycles. The Bertz CT molecular complexity index is 820. The van der Waals surface area contributed by atoms with Crippen molar-refractivity contribution in [3.63, 3.8) is 0 Å². The maximum atomic E-state index is 11.2. The summed E-state index contributed by atoms with van der Waals surface area (Å²) in [7, 11) is 0. The monoisotopic (exact) mass is 286 g/mol. The van der Waals surface area contributed by atoms with Gasteiger partial charge in [0, 0.05) is 46.0 Å². The molecule has 0 fully saturated rings. The molecular weight excluding hydrogens is 272 g/mol. The number of carbonyl (C=O) groups excluding carboxylic acids is 1. The Labute approximate surface area is 122 Å². The highest BCUT2D eigenvalue weighted by atomic mass is 35.5. The van der Waals surface area contributed by atoms with E-state index in [1.807, 2.05) is 36.4 Å². The van der Waals surface area contributed by atoms with Gasteiger partial charge in [0.25, 0.3) is 0 Å². The highest BCUT2D eigenvalue weighted by Crippen LogP contribution is 2.32. The van der Waals surface area contributed by atoms with Crippen LogP contribution in [0.15, 0.2) is 36.4 Å². The molecule has 102 valence electrons. The van der Waals surface area contributed by atoms with Crippen molar-refractivity contribution < 1.29 is 4.79 Å². The fraction of sp³-hybridized carbons (Fsp3) is 0.188. The number of carbonyl (C=O) groups is 1. The summed E-state index contributed by atoms with van der Waals surface area (Å²) in [4.78, 5) is 11.2. The lowest BCUT2D eigenvalue weighted by atomic mass is 10.1. The average molecular weight is 287 g/mol. The predicted molar refractivity (Wildman–Crippen MR) is 84.4 cm³/mol. The van der Waals surface area contributed by atoms with Crippen LogP contribution in [-0.2, 0) is 11.3 Å². The molecular formula is C16H15ClN2O. The summed E-state index contributed by atoms with van der Waals surface area (Å²) in [6, 6.07) is 11.9. The van der Waals surface area contributed by atoms with Gasteiger partial charge in [0.05, 0.1) is 0 Å². The minimum atomic E-state index is -0.0680. The zero-order valence-corrected chi connectivity index (χ0v) is 12.2. The van der Waals surface area contributed by atoms with E-state index in [1.54, 1.807) is 0 Å². The van der Waals surface area contributed by atoms with Gasteiger partial charge >= 0.3 is 0 Å². The van der Waals surface area contributed by atoms with Crippen LogP contribution in [-0.4, -0.2) is 10.5 Å². The van der Waals surface area contributed by atoms with Crippen LogP contribution in [0.1, 0.15) is 13.8 Å². The number of halogens is 1. The Morgan fingerprint density at radius 3 is 2.45 bits per heavy atom. The maximum absolute atomic E-state index is 11.2. The van der Waals surface area contributed by atoms with Gasteiger partial charge in [-0.25, -0.2) is 0 Å². The quantitative estimate of drug-likeness (QED) is 0.743. The normalized spacial score (nSPS) is 11.2. The number of nitrogens with one attached hydrogen (secondary N) is 1. The molecule has 0 aliphatic rings. The summed E-state index contributed by atoms with van der Waals surface area (Å²) < 4.78 is 2.25. The third kappa shape index (κ3) is 2.04. The van der Waals surface area contributed by atoms with Gasteiger partial charge < -0.3 is 9.88 Å². The number of aromatic nitrogens is 1. The first-order valence-corrected chi connectivity index (χ1v) is 6.97. The van der Waals surface area contributed by atoms with Crippen molar-refractivity contribution in [3.05, 3.63) is 41.4 Å². The molecule has 20 heavy (non-hydrogen) atoms. The maximum Gasteiger partial charge on any atom is 0.221 e. The first kappa shape index (κ1) is 13.0. The highest BCUT2D eigenvalue weighted by molar-refractivity contribution is 6.31. The van der Waals surface area contributed by atoms with Crippen LogP contribution >= 0.6 is 11.6 Å². The van der Waals surface area contributed by atoms with Gasteiger partial charge in [-0.15, -0.1) is 0 Å². The van der Waals surface area contributed by atoms with Gasteiger partial charge in [-0.3, -0.25) is 4.79 Å². The largest absolute Gasteiger partial charge is 0.341 e. The number of hydrogen-bond acceptors (Lipinski definition) is 1. The molecule has 0 bridgehead atoms. The molecule has 0 radical (unpaired) electrons. The molecule has 0 saturated carbocycles. The highest BCUT2D eigenvalue weighted by Gasteiger charge is 2.10. The van der Waals surface area contributed by atoms with Crippen molar-refractivity contribution in [2.45, 2.75) is 20.4 Å². The molecule has 1 amide bonds. The Balaban J connectivity index is 2.35. The van der Waals surface area contributed by atoms with Gasteiger partial charge in [0.2, 0.25) is 5.91 Å². The summed E-state index contributed by atoms with van der Waals surface area (Å²) >= 11 is 6.12. The summed E-state index contributed by atoms with van der Waals surface area (Å²) in [5, 5.41) is 5.76. The van der Waals surface area contributed by atoms with Crippen LogP contribution in [0.3, 0.4) is 0 Å². The molecule has 3 aromatic rings. The van der Waals surface area contributed by atoms with Crippen molar-refractivity contribution in [2.75, 3.05) is 5.32 Å². The fourth-order valence-corrected chi connectivity index (χ4v) is 2.87. The van der Waals surface area contributed by atoms with Crippen LogP contribution < -0.4 is 5.32 Å². The van der Waals surface area contributed by atoms with Gasteiger partial charge in [-0.05, 0) is 43.3 Å². The molecule has 0 aliphatic carbocycles. The molecule has 0 atom stereocenters. The van der Waals surface area contributed by atoms with Crippen LogP contribution in [0.2, 0.25) is 5.02 Å². The Morgan fingerprint density at radius 1 is 1.15 bits per heavy atom.